The zero-order valence-corrected chi connectivity index (χ0v) is 10.4. The van der Waals surface area contributed by atoms with E-state index in [4.69, 9.17) is 4.74 Å². The summed E-state index contributed by atoms with van der Waals surface area (Å²) >= 11 is 2.14. The topological polar surface area (TPSA) is 33.3 Å². The maximum Gasteiger partial charge on any atom is 0.0983 e. The molecule has 3 unspecified atom stereocenters. The molecule has 2 heterocycles. The van der Waals surface area contributed by atoms with Gasteiger partial charge in [0.2, 0.25) is 0 Å². The van der Waals surface area contributed by atoms with Gasteiger partial charge in [-0.15, -0.1) is 0 Å². The second-order valence-electron chi connectivity index (χ2n) is 4.15. The van der Waals surface area contributed by atoms with Gasteiger partial charge in [0.1, 0.15) is 0 Å². The third-order valence-electron chi connectivity index (χ3n) is 3.18. The maximum absolute atomic E-state index is 5.94. The van der Waals surface area contributed by atoms with Crippen molar-refractivity contribution in [3.63, 3.8) is 0 Å². The highest BCUT2D eigenvalue weighted by Crippen LogP contribution is 2.36. The summed E-state index contributed by atoms with van der Waals surface area (Å²) in [5.41, 5.74) is 2.42. The minimum Gasteiger partial charge on any atom is -0.367 e. The van der Waals surface area contributed by atoms with Gasteiger partial charge in [-0.2, -0.15) is 0 Å². The molecule has 4 heteroatoms. The van der Waals surface area contributed by atoms with E-state index in [2.05, 4.69) is 56.0 Å². The molecule has 2 aliphatic heterocycles. The summed E-state index contributed by atoms with van der Waals surface area (Å²) in [6.07, 6.45) is 1.85. The molecule has 1 aromatic carbocycles. The first kappa shape index (κ1) is 9.86. The van der Waals surface area contributed by atoms with Crippen LogP contribution >= 0.6 is 22.9 Å². The Morgan fingerprint density at radius 1 is 1.33 bits per heavy atom. The predicted molar refractivity (Wildman–Crippen MR) is 68.1 cm³/mol. The molecule has 0 aliphatic carbocycles. The second kappa shape index (κ2) is 3.92. The van der Waals surface area contributed by atoms with Crippen molar-refractivity contribution in [3.05, 3.63) is 29.8 Å². The van der Waals surface area contributed by atoms with Crippen LogP contribution in [-0.4, -0.2) is 18.7 Å². The summed E-state index contributed by atoms with van der Waals surface area (Å²) in [6.45, 7) is 1.02. The Hall–Kier alpha value is -0.330. The predicted octanol–water partition coefficient (Wildman–Crippen LogP) is 2.25. The number of halogens is 1. The van der Waals surface area contributed by atoms with Crippen LogP contribution in [0, 0.1) is 0 Å². The second-order valence-corrected chi connectivity index (χ2v) is 4.69. The van der Waals surface area contributed by atoms with E-state index >= 15 is 0 Å². The average molecular weight is 316 g/mol. The Labute approximate surface area is 103 Å². The smallest absolute Gasteiger partial charge is 0.0983 e. The Kier molecular flexibility index (Phi) is 2.58. The number of morpholine rings is 1. The van der Waals surface area contributed by atoms with Crippen LogP contribution in [0.2, 0.25) is 0 Å². The van der Waals surface area contributed by atoms with E-state index < -0.39 is 0 Å². The number of ether oxygens (including phenoxy) is 1. The van der Waals surface area contributed by atoms with Gasteiger partial charge in [-0.25, -0.2) is 0 Å². The summed E-state index contributed by atoms with van der Waals surface area (Å²) in [7, 11) is 0. The number of anilines is 1. The third-order valence-corrected chi connectivity index (χ3v) is 3.80. The van der Waals surface area contributed by atoms with Gasteiger partial charge < -0.3 is 13.6 Å². The fourth-order valence-electron chi connectivity index (χ4n) is 2.42. The van der Waals surface area contributed by atoms with E-state index in [1.54, 1.807) is 0 Å². The molecular weight excluding hydrogens is 303 g/mol. The Bertz CT molecular complexity index is 354. The van der Waals surface area contributed by atoms with Crippen molar-refractivity contribution in [2.75, 3.05) is 10.1 Å². The largest absolute Gasteiger partial charge is 0.367 e. The molecule has 1 aromatic rings. The first-order valence-electron chi connectivity index (χ1n) is 5.22. The highest BCUT2D eigenvalue weighted by molar-refractivity contribution is 14.1. The van der Waals surface area contributed by atoms with Crippen molar-refractivity contribution in [2.45, 2.75) is 24.7 Å². The molecule has 2 fully saturated rings. The van der Waals surface area contributed by atoms with Gasteiger partial charge in [-0.05, 0) is 24.1 Å². The highest BCUT2D eigenvalue weighted by Gasteiger charge is 2.40. The number of rotatable bonds is 2. The van der Waals surface area contributed by atoms with Gasteiger partial charge in [-0.1, -0.05) is 12.1 Å². The Balaban J connectivity index is 1.81. The van der Waals surface area contributed by atoms with E-state index in [1.165, 1.54) is 5.56 Å². The summed E-state index contributed by atoms with van der Waals surface area (Å²) in [5.74, 6) is 0. The molecule has 0 amide bonds. The van der Waals surface area contributed by atoms with E-state index in [1.807, 2.05) is 0 Å². The molecule has 80 valence electrons. The number of hydrogen-bond donors (Lipinski definition) is 2. The lowest BCUT2D eigenvalue weighted by atomic mass is 10.0. The lowest BCUT2D eigenvalue weighted by Gasteiger charge is -2.23. The van der Waals surface area contributed by atoms with Crippen molar-refractivity contribution in [3.8, 4) is 0 Å². The van der Waals surface area contributed by atoms with Crippen molar-refractivity contribution in [1.82, 2.24) is 5.32 Å². The van der Waals surface area contributed by atoms with Gasteiger partial charge in [0.25, 0.3) is 0 Å². The Morgan fingerprint density at radius 2 is 2.13 bits per heavy atom. The van der Waals surface area contributed by atoms with Gasteiger partial charge in [-0.3, -0.25) is 0 Å². The fourth-order valence-corrected chi connectivity index (χ4v) is 2.78. The number of nitrogens with one attached hydrogen (secondary N) is 2. The number of benzene rings is 1. The molecule has 2 N–H and O–H groups in total. The van der Waals surface area contributed by atoms with Crippen LogP contribution in [0.25, 0.3) is 0 Å². The molecular formula is C11H13IN2O. The van der Waals surface area contributed by atoms with Crippen molar-refractivity contribution < 1.29 is 4.74 Å². The zero-order valence-electron chi connectivity index (χ0n) is 8.24. The van der Waals surface area contributed by atoms with Gasteiger partial charge in [0.05, 0.1) is 35.1 Å². The zero-order chi connectivity index (χ0) is 10.3. The Morgan fingerprint density at radius 3 is 2.67 bits per heavy atom. The lowest BCUT2D eigenvalue weighted by molar-refractivity contribution is 0.0160. The molecule has 0 spiro atoms. The van der Waals surface area contributed by atoms with Crippen molar-refractivity contribution >= 4 is 28.6 Å². The molecule has 3 atom stereocenters. The first-order chi connectivity index (χ1) is 7.36. The first-order valence-corrected chi connectivity index (χ1v) is 6.30. The van der Waals surface area contributed by atoms with Crippen LogP contribution in [0.15, 0.2) is 24.3 Å². The van der Waals surface area contributed by atoms with E-state index in [9.17, 15) is 0 Å². The lowest BCUT2D eigenvalue weighted by Crippen LogP contribution is -2.33. The van der Waals surface area contributed by atoms with Crippen LogP contribution in [0.4, 0.5) is 5.69 Å². The molecule has 3 rings (SSSR count). The van der Waals surface area contributed by atoms with Crippen molar-refractivity contribution in [2.24, 2.45) is 0 Å². The number of fused-ring (bicyclic) bond motifs is 2. The highest BCUT2D eigenvalue weighted by atomic mass is 127. The normalized spacial score (nSPS) is 33.3. The molecule has 2 bridgehead atoms. The summed E-state index contributed by atoms with van der Waals surface area (Å²) in [5, 5.41) is 3.49. The standard InChI is InChI=1S/C11H13IN2O/c12-14-8-3-1-7(2-4-8)11-10-5-9(15-11)6-13-10/h1-4,9-11,13-14H,5-6H2. The van der Waals surface area contributed by atoms with Crippen LogP contribution in [0.5, 0.6) is 0 Å². The minimum atomic E-state index is 0.256. The van der Waals surface area contributed by atoms with Crippen LogP contribution in [0.3, 0.4) is 0 Å². The van der Waals surface area contributed by atoms with Crippen LogP contribution in [0.1, 0.15) is 18.1 Å². The fraction of sp³-hybridized carbons (Fsp3) is 0.455. The molecule has 2 saturated heterocycles. The van der Waals surface area contributed by atoms with Crippen LogP contribution in [-0.2, 0) is 4.74 Å². The monoisotopic (exact) mass is 316 g/mol. The summed E-state index contributed by atoms with van der Waals surface area (Å²) < 4.78 is 9.03. The third kappa shape index (κ3) is 1.74. The molecule has 0 radical (unpaired) electrons. The van der Waals surface area contributed by atoms with E-state index in [0.717, 1.165) is 18.7 Å². The summed E-state index contributed by atoms with van der Waals surface area (Å²) in [6, 6.07) is 9.00. The van der Waals surface area contributed by atoms with E-state index in [0.29, 0.717) is 12.1 Å². The molecule has 2 aliphatic rings. The van der Waals surface area contributed by atoms with E-state index in [-0.39, 0.29) is 6.10 Å². The maximum atomic E-state index is 5.94. The van der Waals surface area contributed by atoms with Gasteiger partial charge in [0, 0.05) is 18.3 Å². The average Bonchev–Trinajstić information content (AvgIpc) is 2.91. The summed E-state index contributed by atoms with van der Waals surface area (Å²) in [4.78, 5) is 0. The van der Waals surface area contributed by atoms with Crippen molar-refractivity contribution in [1.29, 1.82) is 0 Å². The quantitative estimate of drug-likeness (QED) is 0.649. The molecule has 15 heavy (non-hydrogen) atoms. The molecule has 0 saturated carbocycles. The van der Waals surface area contributed by atoms with Gasteiger partial charge >= 0.3 is 0 Å². The van der Waals surface area contributed by atoms with Gasteiger partial charge in [0.15, 0.2) is 0 Å². The SMILES string of the molecule is INc1ccc(C2OC3CNC2C3)cc1. The molecule has 0 aromatic heterocycles. The minimum absolute atomic E-state index is 0.256. The van der Waals surface area contributed by atoms with Crippen LogP contribution < -0.4 is 8.85 Å². The molecule has 3 nitrogen and oxygen atoms in total. The number of hydrogen-bond acceptors (Lipinski definition) is 3.